The summed E-state index contributed by atoms with van der Waals surface area (Å²) >= 11 is 0. The topological polar surface area (TPSA) is 116 Å². The number of aliphatic hydroxyl groups is 1. The van der Waals surface area contributed by atoms with Crippen molar-refractivity contribution in [3.8, 4) is 17.7 Å². The molecule has 9 heteroatoms. The molecule has 3 heterocycles. The van der Waals surface area contributed by atoms with Crippen molar-refractivity contribution >= 4 is 16.9 Å². The largest absolute Gasteiger partial charge is 0.371 e. The molecule has 144 valence electrons. The van der Waals surface area contributed by atoms with Gasteiger partial charge in [0.15, 0.2) is 17.2 Å². The predicted octanol–water partition coefficient (Wildman–Crippen LogP) is 1.92. The number of hydrogen-bond donors (Lipinski definition) is 2. The maximum atomic E-state index is 13.4. The van der Waals surface area contributed by atoms with Crippen LogP contribution in [0.3, 0.4) is 0 Å². The van der Waals surface area contributed by atoms with Crippen LogP contribution < -0.4 is 5.73 Å². The summed E-state index contributed by atoms with van der Waals surface area (Å²) in [7, 11) is 0. The monoisotopic (exact) mass is 389 g/mol. The Balaban J connectivity index is 1.80. The molecule has 0 spiro atoms. The Labute approximate surface area is 165 Å². The molecule has 3 N–H and O–H groups in total. The van der Waals surface area contributed by atoms with Crippen molar-refractivity contribution in [1.29, 1.82) is 0 Å². The molecule has 0 bridgehead atoms. The average Bonchev–Trinajstić information content (AvgIpc) is 3.11. The van der Waals surface area contributed by atoms with Gasteiger partial charge in [-0.05, 0) is 31.2 Å². The second-order valence-corrected chi connectivity index (χ2v) is 6.39. The third kappa shape index (κ3) is 3.61. The van der Waals surface area contributed by atoms with Crippen molar-refractivity contribution in [1.82, 2.24) is 29.7 Å². The number of anilines is 1. The smallest absolute Gasteiger partial charge is 0.221 e. The van der Waals surface area contributed by atoms with Gasteiger partial charge >= 0.3 is 0 Å². The van der Waals surface area contributed by atoms with Gasteiger partial charge in [-0.15, -0.1) is 0 Å². The number of fused-ring (bicyclic) bond motifs is 1. The fourth-order valence-electron chi connectivity index (χ4n) is 2.81. The lowest BCUT2D eigenvalue weighted by Gasteiger charge is -2.13. The molecule has 0 aliphatic rings. The van der Waals surface area contributed by atoms with Crippen LogP contribution in [0.15, 0.2) is 48.9 Å². The maximum absolute atomic E-state index is 13.4. The van der Waals surface area contributed by atoms with Gasteiger partial charge < -0.3 is 10.8 Å². The Morgan fingerprint density at radius 3 is 2.69 bits per heavy atom. The van der Waals surface area contributed by atoms with Gasteiger partial charge in [0.2, 0.25) is 5.95 Å². The number of halogens is 1. The molecule has 1 aromatic carbocycles. The van der Waals surface area contributed by atoms with Gasteiger partial charge in [-0.25, -0.2) is 24.0 Å². The Morgan fingerprint density at radius 1 is 1.17 bits per heavy atom. The fraction of sp³-hybridized carbons (Fsp3) is 0.150. The molecule has 0 aliphatic carbocycles. The third-order valence-electron chi connectivity index (χ3n) is 4.21. The van der Waals surface area contributed by atoms with E-state index in [1.807, 2.05) is 0 Å². The van der Waals surface area contributed by atoms with Crippen LogP contribution in [0.4, 0.5) is 10.3 Å². The summed E-state index contributed by atoms with van der Waals surface area (Å²) in [6.45, 7) is 0.790. The maximum Gasteiger partial charge on any atom is 0.221 e. The summed E-state index contributed by atoms with van der Waals surface area (Å²) in [4.78, 5) is 16.1. The van der Waals surface area contributed by atoms with Crippen molar-refractivity contribution in [3.63, 3.8) is 0 Å². The molecule has 0 amide bonds. The minimum absolute atomic E-state index is 0.0859. The van der Waals surface area contributed by atoms with Crippen LogP contribution in [0.25, 0.3) is 16.7 Å². The van der Waals surface area contributed by atoms with Crippen molar-refractivity contribution in [2.24, 2.45) is 0 Å². The highest BCUT2D eigenvalue weighted by atomic mass is 19.1. The lowest BCUT2D eigenvalue weighted by atomic mass is 10.1. The van der Waals surface area contributed by atoms with E-state index in [2.05, 4.69) is 36.9 Å². The second-order valence-electron chi connectivity index (χ2n) is 6.39. The van der Waals surface area contributed by atoms with E-state index >= 15 is 0 Å². The van der Waals surface area contributed by atoms with E-state index in [1.165, 1.54) is 30.2 Å². The van der Waals surface area contributed by atoms with E-state index in [9.17, 15) is 9.50 Å². The van der Waals surface area contributed by atoms with Crippen LogP contribution in [-0.4, -0.2) is 34.8 Å². The molecule has 0 saturated carbocycles. The van der Waals surface area contributed by atoms with Crippen LogP contribution in [0.1, 0.15) is 24.0 Å². The first-order chi connectivity index (χ1) is 14.0. The molecule has 0 aliphatic heterocycles. The number of aromatic nitrogens is 6. The van der Waals surface area contributed by atoms with Crippen LogP contribution in [0.2, 0.25) is 0 Å². The van der Waals surface area contributed by atoms with Crippen LogP contribution >= 0.6 is 0 Å². The lowest BCUT2D eigenvalue weighted by Crippen LogP contribution is -2.21. The van der Waals surface area contributed by atoms with Crippen molar-refractivity contribution in [2.45, 2.75) is 19.2 Å². The number of alkyl halides is 1. The fourth-order valence-corrected chi connectivity index (χ4v) is 2.81. The molecule has 0 saturated heterocycles. The number of nitrogens with zero attached hydrogens (tertiary/aromatic N) is 6. The highest BCUT2D eigenvalue weighted by Gasteiger charge is 2.23. The van der Waals surface area contributed by atoms with Crippen LogP contribution in [-0.2, 0) is 12.3 Å². The van der Waals surface area contributed by atoms with E-state index in [0.717, 1.165) is 0 Å². The van der Waals surface area contributed by atoms with Crippen molar-refractivity contribution in [3.05, 3.63) is 66.0 Å². The zero-order chi connectivity index (χ0) is 20.4. The Hall–Kier alpha value is -3.90. The predicted molar refractivity (Wildman–Crippen MR) is 104 cm³/mol. The molecule has 1 unspecified atom stereocenters. The summed E-state index contributed by atoms with van der Waals surface area (Å²) in [5.74, 6) is 6.40. The summed E-state index contributed by atoms with van der Waals surface area (Å²) in [5.41, 5.74) is 5.62. The minimum atomic E-state index is -1.53. The summed E-state index contributed by atoms with van der Waals surface area (Å²) in [5, 5.41) is 15.5. The lowest BCUT2D eigenvalue weighted by molar-refractivity contribution is 0.112. The second kappa shape index (κ2) is 7.26. The van der Waals surface area contributed by atoms with Gasteiger partial charge in [0.1, 0.15) is 12.4 Å². The number of rotatable bonds is 3. The number of nitrogen functional groups attached to an aromatic ring is 1. The van der Waals surface area contributed by atoms with E-state index in [4.69, 9.17) is 5.73 Å². The van der Waals surface area contributed by atoms with Gasteiger partial charge in [-0.2, -0.15) is 10.1 Å². The van der Waals surface area contributed by atoms with E-state index < -0.39 is 12.3 Å². The molecule has 8 nitrogen and oxygen atoms in total. The Kier molecular flexibility index (Phi) is 4.62. The van der Waals surface area contributed by atoms with E-state index in [-0.39, 0.29) is 17.5 Å². The number of benzene rings is 1. The first-order valence-corrected chi connectivity index (χ1v) is 8.67. The zero-order valence-corrected chi connectivity index (χ0v) is 15.4. The van der Waals surface area contributed by atoms with Gasteiger partial charge in [0.05, 0.1) is 5.52 Å². The third-order valence-corrected chi connectivity index (χ3v) is 4.21. The first kappa shape index (κ1) is 18.5. The molecule has 0 fully saturated rings. The quantitative estimate of drug-likeness (QED) is 0.514. The van der Waals surface area contributed by atoms with Gasteiger partial charge in [-0.1, -0.05) is 11.8 Å². The Bertz CT molecular complexity index is 1240. The molecule has 3 aromatic heterocycles. The molecular weight excluding hydrogens is 373 g/mol. The first-order valence-electron chi connectivity index (χ1n) is 8.67. The number of hydrogen-bond acceptors (Lipinski definition) is 7. The normalized spacial score (nSPS) is 12.9. The standard InChI is InChI=1S/C20H16FN7O/c1-20(29,18-23-8-2-9-24-18)7-5-13-3-4-14-15(12-21)27-28(16(14)11-13)17-6-10-25-19(22)26-17/h2-4,6,8-11,29H,12H2,1H3,(H2,22,25,26). The van der Waals surface area contributed by atoms with E-state index in [1.54, 1.807) is 30.3 Å². The molecule has 4 rings (SSSR count). The van der Waals surface area contributed by atoms with Gasteiger partial charge in [0.25, 0.3) is 0 Å². The van der Waals surface area contributed by atoms with Gasteiger partial charge in [-0.3, -0.25) is 0 Å². The summed E-state index contributed by atoms with van der Waals surface area (Å²) < 4.78 is 14.9. The minimum Gasteiger partial charge on any atom is -0.371 e. The molecule has 29 heavy (non-hydrogen) atoms. The average molecular weight is 389 g/mol. The Morgan fingerprint density at radius 2 is 1.97 bits per heavy atom. The van der Waals surface area contributed by atoms with E-state index in [0.29, 0.717) is 22.3 Å². The molecule has 0 radical (unpaired) electrons. The molecule has 1 atom stereocenters. The number of nitrogens with two attached hydrogens (primary N) is 1. The van der Waals surface area contributed by atoms with Crippen LogP contribution in [0.5, 0.6) is 0 Å². The molecular formula is C20H16FN7O. The van der Waals surface area contributed by atoms with Crippen molar-refractivity contribution in [2.75, 3.05) is 5.73 Å². The highest BCUT2D eigenvalue weighted by molar-refractivity contribution is 5.84. The highest BCUT2D eigenvalue weighted by Crippen LogP contribution is 2.24. The summed E-state index contributed by atoms with van der Waals surface area (Å²) in [6.07, 6.45) is 4.57. The zero-order valence-electron chi connectivity index (χ0n) is 15.4. The molecule has 4 aromatic rings. The van der Waals surface area contributed by atoms with Crippen LogP contribution in [0, 0.1) is 11.8 Å². The van der Waals surface area contributed by atoms with Gasteiger partial charge in [0, 0.05) is 35.6 Å². The van der Waals surface area contributed by atoms with Crippen molar-refractivity contribution < 1.29 is 9.50 Å². The summed E-state index contributed by atoms with van der Waals surface area (Å²) in [6, 6.07) is 8.49. The SMILES string of the molecule is CC(O)(C#Cc1ccc2c(CF)nn(-c3ccnc(N)n3)c2c1)c1ncccn1.